The highest BCUT2D eigenvalue weighted by atomic mass is 32.5. The van der Waals surface area contributed by atoms with Crippen molar-refractivity contribution in [2.75, 3.05) is 24.3 Å². The number of nitrogens with one attached hydrogen (secondary N) is 1. The number of carbonyl (C=O) groups is 2. The molecule has 4 rings (SSSR count). The van der Waals surface area contributed by atoms with Gasteiger partial charge in [-0.3, -0.25) is 9.09 Å². The fourth-order valence-electron chi connectivity index (χ4n) is 3.92. The predicted molar refractivity (Wildman–Crippen MR) is 151 cm³/mol. The summed E-state index contributed by atoms with van der Waals surface area (Å²) < 4.78 is 22.6. The number of carbonyl (C=O) groups excluding carboxylic acids is 2. The van der Waals surface area contributed by atoms with E-state index in [4.69, 9.17) is 36.1 Å². The fraction of sp³-hybridized carbons (Fsp3) is 0.435. The minimum absolute atomic E-state index is 0.0101. The number of alkyl carbamates (subject to hydrolysis) is 1. The summed E-state index contributed by atoms with van der Waals surface area (Å²) in [6.45, 7) is -4.75. The third-order valence-corrected chi connectivity index (χ3v) is 8.08. The number of thioether (sulfide) groups is 1. The van der Waals surface area contributed by atoms with Crippen molar-refractivity contribution in [3.8, 4) is 0 Å². The van der Waals surface area contributed by atoms with Crippen LogP contribution in [-0.2, 0) is 41.7 Å². The zero-order chi connectivity index (χ0) is 29.6. The Hall–Kier alpha value is -2.89. The number of aliphatic hydroxyl groups is 2. The molecule has 1 unspecified atom stereocenters. The molecule has 41 heavy (non-hydrogen) atoms. The number of fused-ring (bicyclic) bond motifs is 1. The maximum Gasteiger partial charge on any atom is 0.408 e. The summed E-state index contributed by atoms with van der Waals surface area (Å²) in [6.07, 6.45) is -1.52. The molecule has 18 heteroatoms. The van der Waals surface area contributed by atoms with Crippen LogP contribution >= 0.6 is 18.5 Å². The molecule has 0 bridgehead atoms. The van der Waals surface area contributed by atoms with Gasteiger partial charge in [0.2, 0.25) is 0 Å². The molecule has 1 amide bonds. The van der Waals surface area contributed by atoms with Crippen molar-refractivity contribution in [1.82, 2.24) is 24.8 Å². The van der Waals surface area contributed by atoms with Gasteiger partial charge in [0, 0.05) is 11.8 Å². The van der Waals surface area contributed by atoms with Crippen LogP contribution in [0.5, 0.6) is 0 Å². The molecule has 0 spiro atoms. The second-order valence-corrected chi connectivity index (χ2v) is 12.6. The van der Waals surface area contributed by atoms with Gasteiger partial charge in [-0.1, -0.05) is 30.3 Å². The lowest BCUT2D eigenvalue weighted by molar-refractivity contribution is -0.137. The lowest BCUT2D eigenvalue weighted by Gasteiger charge is -2.22. The van der Waals surface area contributed by atoms with Crippen LogP contribution < -0.4 is 11.1 Å². The Bertz CT molecular complexity index is 1400. The van der Waals surface area contributed by atoms with Crippen molar-refractivity contribution >= 4 is 59.3 Å². The number of hydrogen-bond donors (Lipinski definition) is 5. The number of ether oxygens (including phenoxy) is 2. The average molecular weight is 629 g/mol. The topological polar surface area (TPSA) is 213 Å². The maximum atomic E-state index is 12.8. The van der Waals surface area contributed by atoms with E-state index in [2.05, 4.69) is 20.3 Å². The summed E-state index contributed by atoms with van der Waals surface area (Å²) in [7, 11) is 0. The van der Waals surface area contributed by atoms with Gasteiger partial charge >= 0.3 is 18.8 Å². The molecular weight excluding hydrogens is 599 g/mol. The normalized spacial score (nSPS) is 22.6. The van der Waals surface area contributed by atoms with E-state index in [1.807, 2.05) is 12.3 Å². The Morgan fingerprint density at radius 1 is 1.24 bits per heavy atom. The number of nitrogens with two attached hydrogens (primary N) is 1. The van der Waals surface area contributed by atoms with Crippen molar-refractivity contribution in [3.05, 3.63) is 48.5 Å². The molecule has 1 saturated heterocycles. The van der Waals surface area contributed by atoms with Gasteiger partial charge in [-0.2, -0.15) is 11.8 Å². The molecule has 1 aliphatic heterocycles. The Morgan fingerprint density at radius 2 is 2.00 bits per heavy atom. The standard InChI is InChI=1S/C23H29N6O9PS2/c1-41-8-7-14(28-23(33)35-9-13-5-3-2-4-6-13)22(32)38-39(34,40)36-10-15-17(30)18(31)21(37-15)29-12-27-16-19(24)25-11-26-20(16)29/h2-6,11-12,14-15,17-18,21,30-31H,7-10H2,1H3,(H,28,33)(H,34,40)(H2,24,25,26)/t14-,15+,17+,18+,21+,39?/m0/s1. The van der Waals surface area contributed by atoms with E-state index < -0.39 is 56.0 Å². The molecule has 1 fully saturated rings. The molecule has 1 aromatic carbocycles. The maximum absolute atomic E-state index is 12.8. The van der Waals surface area contributed by atoms with Crippen LogP contribution in [-0.4, -0.2) is 89.7 Å². The lowest BCUT2D eigenvalue weighted by atomic mass is 10.1. The second-order valence-electron chi connectivity index (χ2n) is 8.84. The van der Waals surface area contributed by atoms with E-state index in [9.17, 15) is 24.7 Å². The quantitative estimate of drug-likeness (QED) is 0.176. The van der Waals surface area contributed by atoms with Gasteiger partial charge in [0.25, 0.3) is 0 Å². The number of benzene rings is 1. The summed E-state index contributed by atoms with van der Waals surface area (Å²) in [5, 5.41) is 23.5. The molecule has 0 aliphatic carbocycles. The van der Waals surface area contributed by atoms with Gasteiger partial charge in [-0.25, -0.2) is 24.5 Å². The average Bonchev–Trinajstić information content (AvgIpc) is 3.50. The first-order valence-corrected chi connectivity index (χ1v) is 16.2. The molecule has 1 aliphatic rings. The van der Waals surface area contributed by atoms with Crippen molar-refractivity contribution in [2.24, 2.45) is 0 Å². The van der Waals surface area contributed by atoms with Crippen molar-refractivity contribution in [3.63, 3.8) is 0 Å². The minimum Gasteiger partial charge on any atom is -0.445 e. The molecule has 6 atom stereocenters. The van der Waals surface area contributed by atoms with Gasteiger partial charge in [0.15, 0.2) is 17.7 Å². The minimum atomic E-state index is -4.21. The van der Waals surface area contributed by atoms with Crippen LogP contribution in [0, 0.1) is 0 Å². The molecule has 2 aromatic heterocycles. The zero-order valence-electron chi connectivity index (χ0n) is 21.7. The molecule has 3 aromatic rings. The van der Waals surface area contributed by atoms with Crippen molar-refractivity contribution < 1.29 is 43.2 Å². The number of amides is 1. The van der Waals surface area contributed by atoms with Crippen LogP contribution in [0.3, 0.4) is 0 Å². The van der Waals surface area contributed by atoms with Crippen molar-refractivity contribution in [2.45, 2.75) is 43.6 Å². The first-order valence-electron chi connectivity index (χ1n) is 12.2. The van der Waals surface area contributed by atoms with E-state index in [1.165, 1.54) is 29.0 Å². The van der Waals surface area contributed by atoms with Crippen LogP contribution in [0.1, 0.15) is 18.2 Å². The van der Waals surface area contributed by atoms with E-state index in [0.29, 0.717) is 5.75 Å². The number of anilines is 1. The lowest BCUT2D eigenvalue weighted by Crippen LogP contribution is -2.42. The third-order valence-electron chi connectivity index (χ3n) is 6.01. The Labute approximate surface area is 243 Å². The van der Waals surface area contributed by atoms with E-state index in [1.54, 1.807) is 24.3 Å². The van der Waals surface area contributed by atoms with Crippen LogP contribution in [0.2, 0.25) is 0 Å². The number of rotatable bonds is 12. The van der Waals surface area contributed by atoms with Crippen LogP contribution in [0.25, 0.3) is 11.2 Å². The number of imidazole rings is 1. The van der Waals surface area contributed by atoms with Gasteiger partial charge in [0.1, 0.15) is 42.8 Å². The van der Waals surface area contributed by atoms with Gasteiger partial charge in [-0.05, 0) is 24.0 Å². The first kappa shape index (κ1) is 31.1. The largest absolute Gasteiger partial charge is 0.445 e. The molecule has 6 N–H and O–H groups in total. The highest BCUT2D eigenvalue weighted by Gasteiger charge is 2.45. The number of nitrogens with zero attached hydrogens (tertiary/aromatic N) is 4. The van der Waals surface area contributed by atoms with Crippen molar-refractivity contribution in [1.29, 1.82) is 0 Å². The monoisotopic (exact) mass is 628 g/mol. The molecular formula is C23H29N6O9PS2. The Kier molecular flexibility index (Phi) is 10.5. The highest BCUT2D eigenvalue weighted by molar-refractivity contribution is 8.07. The summed E-state index contributed by atoms with van der Waals surface area (Å²) in [4.78, 5) is 47.7. The summed E-state index contributed by atoms with van der Waals surface area (Å²) in [5.41, 5.74) is 7.10. The summed E-state index contributed by atoms with van der Waals surface area (Å²) >= 11 is 6.41. The van der Waals surface area contributed by atoms with Gasteiger partial charge in [0.05, 0.1) is 12.9 Å². The molecule has 0 radical (unpaired) electrons. The number of nitrogen functional groups attached to an aromatic ring is 1. The molecule has 0 saturated carbocycles. The molecule has 222 valence electrons. The van der Waals surface area contributed by atoms with E-state index in [-0.39, 0.29) is 30.0 Å². The Morgan fingerprint density at radius 3 is 2.73 bits per heavy atom. The van der Waals surface area contributed by atoms with E-state index in [0.717, 1.165) is 5.56 Å². The third kappa shape index (κ3) is 7.90. The van der Waals surface area contributed by atoms with Gasteiger partial charge < -0.3 is 40.2 Å². The highest BCUT2D eigenvalue weighted by Crippen LogP contribution is 2.45. The fourth-order valence-corrected chi connectivity index (χ4v) is 5.53. The summed E-state index contributed by atoms with van der Waals surface area (Å²) in [5.74, 6) is -0.414. The summed E-state index contributed by atoms with van der Waals surface area (Å²) in [6, 6.07) is 7.80. The molecule has 15 nitrogen and oxygen atoms in total. The Balaban J connectivity index is 1.33. The first-order chi connectivity index (χ1) is 19.6. The van der Waals surface area contributed by atoms with Crippen LogP contribution in [0.15, 0.2) is 43.0 Å². The molecule has 3 heterocycles. The predicted octanol–water partition coefficient (Wildman–Crippen LogP) is 0.852. The van der Waals surface area contributed by atoms with E-state index >= 15 is 0 Å². The van der Waals surface area contributed by atoms with Gasteiger partial charge in [-0.15, -0.1) is 0 Å². The SMILES string of the molecule is CSCC[C@H](NC(=O)OCc1ccccc1)C(=O)OP(O)(=S)OC[C@H]1O[C@@H](n2cnc3c(N)ncnc32)[C@H](O)[C@@H]1O. The smallest absolute Gasteiger partial charge is 0.408 e. The van der Waals surface area contributed by atoms with Crippen LogP contribution in [0.4, 0.5) is 10.6 Å². The number of aromatic nitrogens is 4. The number of aliphatic hydroxyl groups excluding tert-OH is 2. The zero-order valence-corrected chi connectivity index (χ0v) is 24.2. The number of hydrogen-bond acceptors (Lipinski definition) is 14. The second kappa shape index (κ2) is 13.8.